The number of thioether (sulfide) groups is 1. The minimum Gasteiger partial charge on any atom is -0.411 e. The van der Waals surface area contributed by atoms with Gasteiger partial charge in [-0.2, -0.15) is 0 Å². The Bertz CT molecular complexity index is 887. The fourth-order valence-electron chi connectivity index (χ4n) is 2.43. The topological polar surface area (TPSA) is 56.0 Å². The van der Waals surface area contributed by atoms with Gasteiger partial charge in [-0.25, -0.2) is 0 Å². The fourth-order valence-corrected chi connectivity index (χ4v) is 3.08. The van der Waals surface area contributed by atoms with Crippen LogP contribution in [0.3, 0.4) is 0 Å². The van der Waals surface area contributed by atoms with Gasteiger partial charge in [-0.05, 0) is 44.0 Å². The molecule has 5 heteroatoms. The molecule has 0 unspecified atom stereocenters. The van der Waals surface area contributed by atoms with Crippen molar-refractivity contribution in [3.05, 3.63) is 64.7 Å². The predicted octanol–water partition coefficient (Wildman–Crippen LogP) is 4.64. The third-order valence-electron chi connectivity index (χ3n) is 3.80. The molecular formula is C19H18N2O2S. The van der Waals surface area contributed by atoms with Gasteiger partial charge in [0.25, 0.3) is 5.22 Å². The van der Waals surface area contributed by atoms with Crippen molar-refractivity contribution in [3.8, 4) is 11.5 Å². The van der Waals surface area contributed by atoms with Crippen LogP contribution in [-0.4, -0.2) is 21.7 Å². The van der Waals surface area contributed by atoms with Gasteiger partial charge in [0.2, 0.25) is 5.89 Å². The molecule has 4 nitrogen and oxygen atoms in total. The number of rotatable bonds is 5. The molecule has 0 N–H and O–H groups in total. The highest BCUT2D eigenvalue weighted by molar-refractivity contribution is 7.99. The van der Waals surface area contributed by atoms with E-state index in [9.17, 15) is 4.79 Å². The van der Waals surface area contributed by atoms with Crippen molar-refractivity contribution in [2.75, 3.05) is 5.75 Å². The maximum Gasteiger partial charge on any atom is 0.277 e. The summed E-state index contributed by atoms with van der Waals surface area (Å²) in [6, 6.07) is 13.7. The predicted molar refractivity (Wildman–Crippen MR) is 95.4 cm³/mol. The average Bonchev–Trinajstić information content (AvgIpc) is 3.04. The van der Waals surface area contributed by atoms with Gasteiger partial charge in [-0.3, -0.25) is 4.79 Å². The summed E-state index contributed by atoms with van der Waals surface area (Å²) in [5.74, 6) is 0.825. The molecule has 0 atom stereocenters. The summed E-state index contributed by atoms with van der Waals surface area (Å²) in [6.07, 6.45) is 0. The van der Waals surface area contributed by atoms with E-state index in [1.807, 2.05) is 63.2 Å². The summed E-state index contributed by atoms with van der Waals surface area (Å²) >= 11 is 1.27. The molecule has 0 fully saturated rings. The van der Waals surface area contributed by atoms with Crippen LogP contribution in [-0.2, 0) is 0 Å². The molecule has 24 heavy (non-hydrogen) atoms. The van der Waals surface area contributed by atoms with Crippen molar-refractivity contribution in [3.63, 3.8) is 0 Å². The summed E-state index contributed by atoms with van der Waals surface area (Å²) in [5, 5.41) is 8.52. The van der Waals surface area contributed by atoms with Gasteiger partial charge in [0.1, 0.15) is 0 Å². The zero-order chi connectivity index (χ0) is 17.1. The standard InChI is InChI=1S/C19H18N2O2S/c1-12-8-9-14(3)16(10-12)17(22)11-24-19-21-20-18(23-19)15-7-5-4-6-13(15)2/h4-10H,11H2,1-3H3. The first-order valence-corrected chi connectivity index (χ1v) is 8.66. The number of nitrogens with zero attached hydrogens (tertiary/aromatic N) is 2. The van der Waals surface area contributed by atoms with Gasteiger partial charge in [-0.15, -0.1) is 10.2 Å². The summed E-state index contributed by atoms with van der Waals surface area (Å²) in [7, 11) is 0. The van der Waals surface area contributed by atoms with E-state index in [4.69, 9.17) is 4.42 Å². The number of benzene rings is 2. The lowest BCUT2D eigenvalue weighted by molar-refractivity contribution is 0.102. The van der Waals surface area contributed by atoms with E-state index in [1.54, 1.807) is 0 Å². The minimum absolute atomic E-state index is 0.0665. The molecule has 0 amide bonds. The monoisotopic (exact) mass is 338 g/mol. The molecule has 1 aromatic heterocycles. The highest BCUT2D eigenvalue weighted by atomic mass is 32.2. The van der Waals surface area contributed by atoms with E-state index in [2.05, 4.69) is 10.2 Å². The number of aryl methyl sites for hydroxylation is 3. The molecule has 0 bridgehead atoms. The lowest BCUT2D eigenvalue weighted by Crippen LogP contribution is -2.05. The zero-order valence-electron chi connectivity index (χ0n) is 13.9. The van der Waals surface area contributed by atoms with Crippen LogP contribution in [0.15, 0.2) is 52.1 Å². The molecule has 0 aliphatic carbocycles. The first kappa shape index (κ1) is 16.5. The van der Waals surface area contributed by atoms with Crippen LogP contribution in [0.25, 0.3) is 11.5 Å². The van der Waals surface area contributed by atoms with E-state index < -0.39 is 0 Å². The third-order valence-corrected chi connectivity index (χ3v) is 4.62. The second-order valence-corrected chi connectivity index (χ2v) is 6.64. The Labute approximate surface area is 145 Å². The number of hydrogen-bond acceptors (Lipinski definition) is 5. The summed E-state index contributed by atoms with van der Waals surface area (Å²) < 4.78 is 5.68. The number of hydrogen-bond donors (Lipinski definition) is 0. The Kier molecular flexibility index (Phi) is 4.81. The van der Waals surface area contributed by atoms with E-state index in [0.717, 1.165) is 27.8 Å². The molecule has 0 saturated carbocycles. The van der Waals surface area contributed by atoms with Crippen LogP contribution in [0.5, 0.6) is 0 Å². The number of ketones is 1. The first-order valence-electron chi connectivity index (χ1n) is 7.67. The lowest BCUT2D eigenvalue weighted by Gasteiger charge is -2.05. The summed E-state index contributed by atoms with van der Waals surface area (Å²) in [6.45, 7) is 5.92. The molecule has 2 aromatic carbocycles. The van der Waals surface area contributed by atoms with Crippen molar-refractivity contribution in [1.29, 1.82) is 0 Å². The van der Waals surface area contributed by atoms with Crippen LogP contribution in [0.2, 0.25) is 0 Å². The number of carbonyl (C=O) groups excluding carboxylic acids is 1. The van der Waals surface area contributed by atoms with Gasteiger partial charge in [0, 0.05) is 11.1 Å². The first-order chi connectivity index (χ1) is 11.5. The smallest absolute Gasteiger partial charge is 0.277 e. The van der Waals surface area contributed by atoms with E-state index >= 15 is 0 Å². The second-order valence-electron chi connectivity index (χ2n) is 5.72. The molecule has 122 valence electrons. The molecule has 3 aromatic rings. The van der Waals surface area contributed by atoms with Crippen molar-refractivity contribution in [2.24, 2.45) is 0 Å². The van der Waals surface area contributed by atoms with Crippen molar-refractivity contribution in [2.45, 2.75) is 26.0 Å². The Balaban J connectivity index is 1.71. The third kappa shape index (κ3) is 3.57. The molecule has 0 radical (unpaired) electrons. The van der Waals surface area contributed by atoms with Gasteiger partial charge < -0.3 is 4.42 Å². The Morgan fingerprint density at radius 1 is 1.04 bits per heavy atom. The second kappa shape index (κ2) is 7.01. The molecule has 0 spiro atoms. The summed E-state index contributed by atoms with van der Waals surface area (Å²) in [5.41, 5.74) is 4.80. The highest BCUT2D eigenvalue weighted by Crippen LogP contribution is 2.26. The lowest BCUT2D eigenvalue weighted by atomic mass is 10.0. The molecule has 3 rings (SSSR count). The minimum atomic E-state index is 0.0665. The van der Waals surface area contributed by atoms with E-state index in [1.165, 1.54) is 11.8 Å². The Hall–Kier alpha value is -2.40. The maximum atomic E-state index is 12.4. The molecule has 0 aliphatic heterocycles. The SMILES string of the molecule is Cc1ccc(C)c(C(=O)CSc2nnc(-c3ccccc3C)o2)c1. The van der Waals surface area contributed by atoms with E-state index in [0.29, 0.717) is 11.1 Å². The molecule has 0 saturated heterocycles. The van der Waals surface area contributed by atoms with Gasteiger partial charge >= 0.3 is 0 Å². The van der Waals surface area contributed by atoms with Crippen LogP contribution in [0.4, 0.5) is 0 Å². The number of carbonyl (C=O) groups is 1. The number of Topliss-reactive ketones (excluding diaryl/α,β-unsaturated/α-hetero) is 1. The average molecular weight is 338 g/mol. The van der Waals surface area contributed by atoms with Crippen LogP contribution in [0, 0.1) is 20.8 Å². The fraction of sp³-hybridized carbons (Fsp3) is 0.211. The normalized spacial score (nSPS) is 10.8. The van der Waals surface area contributed by atoms with Gasteiger partial charge in [0.15, 0.2) is 5.78 Å². The Morgan fingerprint density at radius 3 is 2.62 bits per heavy atom. The highest BCUT2D eigenvalue weighted by Gasteiger charge is 2.14. The largest absolute Gasteiger partial charge is 0.411 e. The van der Waals surface area contributed by atoms with E-state index in [-0.39, 0.29) is 11.5 Å². The van der Waals surface area contributed by atoms with Crippen molar-refractivity contribution < 1.29 is 9.21 Å². The maximum absolute atomic E-state index is 12.4. The molecule has 1 heterocycles. The van der Waals surface area contributed by atoms with Crippen LogP contribution >= 0.6 is 11.8 Å². The quantitative estimate of drug-likeness (QED) is 0.501. The molecular weight excluding hydrogens is 320 g/mol. The van der Waals surface area contributed by atoms with Crippen LogP contribution < -0.4 is 0 Å². The van der Waals surface area contributed by atoms with Crippen molar-refractivity contribution in [1.82, 2.24) is 10.2 Å². The summed E-state index contributed by atoms with van der Waals surface area (Å²) in [4.78, 5) is 12.4. The van der Waals surface area contributed by atoms with Crippen molar-refractivity contribution >= 4 is 17.5 Å². The van der Waals surface area contributed by atoms with Gasteiger partial charge in [0.05, 0.1) is 5.75 Å². The van der Waals surface area contributed by atoms with Gasteiger partial charge in [-0.1, -0.05) is 47.7 Å². The zero-order valence-corrected chi connectivity index (χ0v) is 14.7. The molecule has 0 aliphatic rings. The number of aromatic nitrogens is 2. The Morgan fingerprint density at radius 2 is 1.83 bits per heavy atom. The van der Waals surface area contributed by atoms with Crippen LogP contribution in [0.1, 0.15) is 27.0 Å².